The van der Waals surface area contributed by atoms with Gasteiger partial charge in [0.25, 0.3) is 0 Å². The molecule has 2 aromatic rings. The number of rotatable bonds is 2. The monoisotopic (exact) mass is 322 g/mol. The lowest BCUT2D eigenvalue weighted by Gasteiger charge is -2.16. The lowest BCUT2D eigenvalue weighted by molar-refractivity contribution is 0.0600. The molecular weight excluding hydrogens is 311 g/mol. The fraction of sp³-hybridized carbons (Fsp3) is 0.200. The van der Waals surface area contributed by atoms with E-state index < -0.39 is 5.97 Å². The van der Waals surface area contributed by atoms with Crippen LogP contribution < -0.4 is 0 Å². The molecule has 0 bridgehead atoms. The number of carbonyl (C=O) groups is 1. The molecule has 1 aliphatic heterocycles. The van der Waals surface area contributed by atoms with Gasteiger partial charge in [0.05, 0.1) is 23.5 Å². The number of aromatic nitrogens is 2. The molecule has 0 saturated carbocycles. The number of allylic oxidation sites excluding steroid dienone is 1. The van der Waals surface area contributed by atoms with Crippen molar-refractivity contribution in [2.75, 3.05) is 7.11 Å². The number of carbonyl (C=O) groups excluding carboxylic acids is 1. The molecule has 2 aromatic heterocycles. The zero-order valence-corrected chi connectivity index (χ0v) is 12.8. The number of esters is 1. The molecule has 0 spiro atoms. The summed E-state index contributed by atoms with van der Waals surface area (Å²) in [5.74, 6) is -0.471. The van der Waals surface area contributed by atoms with Crippen LogP contribution in [0.15, 0.2) is 29.6 Å². The van der Waals surface area contributed by atoms with Gasteiger partial charge in [-0.15, -0.1) is 0 Å². The zero-order chi connectivity index (χ0) is 15.0. The minimum absolute atomic E-state index is 0.343. The molecule has 0 N–H and O–H groups in total. The van der Waals surface area contributed by atoms with Crippen molar-refractivity contribution in [1.82, 2.24) is 9.55 Å². The van der Waals surface area contributed by atoms with Gasteiger partial charge in [0.2, 0.25) is 0 Å². The van der Waals surface area contributed by atoms with Crippen molar-refractivity contribution in [3.63, 3.8) is 0 Å². The molecule has 0 fully saturated rings. The summed E-state index contributed by atoms with van der Waals surface area (Å²) in [6.45, 7) is 0.658. The quantitative estimate of drug-likeness (QED) is 0.786. The Bertz CT molecular complexity index is 736. The minimum Gasteiger partial charge on any atom is -0.465 e. The number of methoxy groups -OCH3 is 1. The number of nitrogens with zero attached hydrogens (tertiary/aromatic N) is 2. The highest BCUT2D eigenvalue weighted by Crippen LogP contribution is 2.39. The average molecular weight is 323 g/mol. The van der Waals surface area contributed by atoms with E-state index in [0.29, 0.717) is 34.3 Å². The van der Waals surface area contributed by atoms with Gasteiger partial charge in [0.15, 0.2) is 0 Å². The van der Waals surface area contributed by atoms with E-state index in [0.717, 1.165) is 11.3 Å². The molecule has 0 aliphatic carbocycles. The number of hydrogen-bond donors (Lipinski definition) is 0. The van der Waals surface area contributed by atoms with Crippen LogP contribution in [0.1, 0.15) is 22.5 Å². The average Bonchev–Trinajstić information content (AvgIpc) is 2.78. The molecule has 0 aromatic carbocycles. The van der Waals surface area contributed by atoms with Gasteiger partial charge in [-0.05, 0) is 18.2 Å². The smallest absolute Gasteiger partial charge is 0.341 e. The van der Waals surface area contributed by atoms with Crippen molar-refractivity contribution < 1.29 is 9.53 Å². The normalized spacial score (nSPS) is 13.6. The summed E-state index contributed by atoms with van der Waals surface area (Å²) in [7, 11) is 1.33. The van der Waals surface area contributed by atoms with Crippen molar-refractivity contribution in [1.29, 1.82) is 0 Å². The van der Waals surface area contributed by atoms with Crippen LogP contribution in [-0.4, -0.2) is 22.6 Å². The Balaban J connectivity index is 2.30. The van der Waals surface area contributed by atoms with Gasteiger partial charge in [0.1, 0.15) is 5.56 Å². The fourth-order valence-corrected chi connectivity index (χ4v) is 3.08. The Morgan fingerprint density at radius 3 is 2.90 bits per heavy atom. The van der Waals surface area contributed by atoms with Crippen LogP contribution >= 0.6 is 23.2 Å². The Kier molecular flexibility index (Phi) is 3.74. The van der Waals surface area contributed by atoms with Crippen molar-refractivity contribution in [3.05, 3.63) is 45.8 Å². The van der Waals surface area contributed by atoms with Crippen LogP contribution in [0, 0.1) is 0 Å². The van der Waals surface area contributed by atoms with Gasteiger partial charge < -0.3 is 9.30 Å². The van der Waals surface area contributed by atoms with Crippen LogP contribution in [0.3, 0.4) is 0 Å². The number of pyridine rings is 1. The van der Waals surface area contributed by atoms with Gasteiger partial charge in [-0.3, -0.25) is 4.98 Å². The topological polar surface area (TPSA) is 44.1 Å². The molecule has 21 heavy (non-hydrogen) atoms. The molecule has 3 rings (SSSR count). The lowest BCUT2D eigenvalue weighted by atomic mass is 10.1. The summed E-state index contributed by atoms with van der Waals surface area (Å²) in [5, 5.41) is 1.06. The first-order chi connectivity index (χ1) is 10.1. The van der Waals surface area contributed by atoms with Crippen LogP contribution in [0.25, 0.3) is 17.3 Å². The van der Waals surface area contributed by atoms with E-state index in [1.54, 1.807) is 18.5 Å². The van der Waals surface area contributed by atoms with Gasteiger partial charge in [-0.2, -0.15) is 0 Å². The molecule has 0 saturated heterocycles. The summed E-state index contributed by atoms with van der Waals surface area (Å²) < 4.78 is 6.83. The van der Waals surface area contributed by atoms with Gasteiger partial charge in [-0.25, -0.2) is 4.79 Å². The third-order valence-corrected chi connectivity index (χ3v) is 4.10. The van der Waals surface area contributed by atoms with Gasteiger partial charge in [0, 0.05) is 36.0 Å². The number of fused-ring (bicyclic) bond motifs is 1. The first-order valence-corrected chi connectivity index (χ1v) is 7.16. The summed E-state index contributed by atoms with van der Waals surface area (Å²) >= 11 is 12.6. The molecule has 4 nitrogen and oxygen atoms in total. The molecule has 0 radical (unpaired) electrons. The molecule has 1 aliphatic rings. The first kappa shape index (κ1) is 14.2. The first-order valence-electron chi connectivity index (χ1n) is 6.40. The van der Waals surface area contributed by atoms with E-state index in [1.165, 1.54) is 7.11 Å². The Hall–Kier alpha value is -1.78. The number of hydrogen-bond acceptors (Lipinski definition) is 3. The standard InChI is InChI=1S/C15H12Cl2N2O2/c1-21-15(20)12-11-7-10(16)4-6-19(11)14(13(12)17)9-3-2-5-18-8-9/h2-3,5,7-8H,4,6H2,1H3. The molecule has 0 amide bonds. The Labute approximate surface area is 132 Å². The maximum Gasteiger partial charge on any atom is 0.341 e. The maximum atomic E-state index is 12.0. The van der Waals surface area contributed by atoms with Gasteiger partial charge in [-0.1, -0.05) is 23.2 Å². The van der Waals surface area contributed by atoms with E-state index in [4.69, 9.17) is 27.9 Å². The van der Waals surface area contributed by atoms with Crippen LogP contribution in [-0.2, 0) is 11.3 Å². The summed E-state index contributed by atoms with van der Waals surface area (Å²) in [6, 6.07) is 3.73. The van der Waals surface area contributed by atoms with Crippen LogP contribution in [0.5, 0.6) is 0 Å². The van der Waals surface area contributed by atoms with Crippen molar-refractivity contribution in [3.8, 4) is 11.3 Å². The van der Waals surface area contributed by atoms with E-state index in [1.807, 2.05) is 16.7 Å². The fourth-order valence-electron chi connectivity index (χ4n) is 2.51. The molecule has 0 atom stereocenters. The molecule has 108 valence electrons. The zero-order valence-electron chi connectivity index (χ0n) is 11.3. The van der Waals surface area contributed by atoms with E-state index in [2.05, 4.69) is 4.98 Å². The predicted octanol–water partition coefficient (Wildman–Crippen LogP) is 3.97. The van der Waals surface area contributed by atoms with Gasteiger partial charge >= 0.3 is 5.97 Å². The third-order valence-electron chi connectivity index (χ3n) is 3.44. The second kappa shape index (κ2) is 5.54. The van der Waals surface area contributed by atoms with E-state index >= 15 is 0 Å². The van der Waals surface area contributed by atoms with Crippen LogP contribution in [0.4, 0.5) is 0 Å². The minimum atomic E-state index is -0.471. The van der Waals surface area contributed by atoms with E-state index in [9.17, 15) is 4.79 Å². The number of halogens is 2. The molecule has 3 heterocycles. The summed E-state index contributed by atoms with van der Waals surface area (Å²) in [6.07, 6.45) is 5.88. The second-order valence-corrected chi connectivity index (χ2v) is 5.51. The highest BCUT2D eigenvalue weighted by atomic mass is 35.5. The third kappa shape index (κ3) is 2.34. The SMILES string of the molecule is COC(=O)c1c(Cl)c(-c2cccnc2)n2c1C=C(Cl)CC2. The molecular formula is C15H12Cl2N2O2. The molecule has 0 unspecified atom stereocenters. The van der Waals surface area contributed by atoms with Crippen molar-refractivity contribution >= 4 is 35.2 Å². The van der Waals surface area contributed by atoms with Crippen molar-refractivity contribution in [2.24, 2.45) is 0 Å². The predicted molar refractivity (Wildman–Crippen MR) is 82.5 cm³/mol. The van der Waals surface area contributed by atoms with E-state index in [-0.39, 0.29) is 0 Å². The largest absolute Gasteiger partial charge is 0.465 e. The second-order valence-electron chi connectivity index (χ2n) is 4.65. The van der Waals surface area contributed by atoms with Crippen molar-refractivity contribution in [2.45, 2.75) is 13.0 Å². The maximum absolute atomic E-state index is 12.0. The highest BCUT2D eigenvalue weighted by molar-refractivity contribution is 6.37. The Morgan fingerprint density at radius 2 is 2.24 bits per heavy atom. The summed E-state index contributed by atoms with van der Waals surface area (Å²) in [4.78, 5) is 16.2. The highest BCUT2D eigenvalue weighted by Gasteiger charge is 2.28. The molecule has 6 heteroatoms. The summed E-state index contributed by atoms with van der Waals surface area (Å²) in [5.41, 5.74) is 2.64. The Morgan fingerprint density at radius 1 is 1.43 bits per heavy atom. The van der Waals surface area contributed by atoms with Crippen LogP contribution in [0.2, 0.25) is 5.02 Å². The number of ether oxygens (including phenoxy) is 1. The lowest BCUT2D eigenvalue weighted by Crippen LogP contribution is -2.10.